The molecule has 2 heterocycles. The smallest absolute Gasteiger partial charge is 0.307 e. The average molecular weight is 1030 g/mol. The van der Waals surface area contributed by atoms with Crippen molar-refractivity contribution >= 4 is 17.9 Å². The number of esters is 3. The van der Waals surface area contributed by atoms with E-state index in [0.717, 1.165) is 69.4 Å². The summed E-state index contributed by atoms with van der Waals surface area (Å²) in [5.41, 5.74) is 2.16. The quantitative estimate of drug-likeness (QED) is 0.0332. The first-order valence-corrected chi connectivity index (χ1v) is 30.8. The standard InChI is InChI=1S/C39H73N3O4.C22H41N3O2/c1-3-5-7-9-11-13-15-17-19-21-23-25-33-45-38(43)28-31-42(30-27-37-35-40-36-41-37)32-29-39(44)46-34-26-24-22-20-18-16-14-12-10-8-6-4-2;1-2-3-4-5-6-7-8-9-10-11-12-13-18-27-22(26)15-17-23-16-14-21-19-24-20-25-21/h35-36H,3-34H2,1-2H3,(H,40,41);19-20,23H,2-18H2,1H3,(H,24,25). The van der Waals surface area contributed by atoms with Gasteiger partial charge in [-0.25, -0.2) is 9.97 Å². The molecule has 0 saturated heterocycles. The van der Waals surface area contributed by atoms with Crippen LogP contribution in [0.3, 0.4) is 0 Å². The first-order chi connectivity index (χ1) is 36.0. The molecule has 0 aliphatic carbocycles. The van der Waals surface area contributed by atoms with Crippen LogP contribution < -0.4 is 5.32 Å². The normalized spacial score (nSPS) is 11.2. The van der Waals surface area contributed by atoms with E-state index in [0.29, 0.717) is 58.7 Å². The summed E-state index contributed by atoms with van der Waals surface area (Å²) in [6.45, 7) is 11.8. The lowest BCUT2D eigenvalue weighted by Crippen LogP contribution is -2.31. The molecule has 0 amide bonds. The first kappa shape index (κ1) is 67.8. The molecule has 12 nitrogen and oxygen atoms in total. The molecule has 0 aliphatic rings. The van der Waals surface area contributed by atoms with E-state index in [1.54, 1.807) is 12.7 Å². The summed E-state index contributed by atoms with van der Waals surface area (Å²) in [7, 11) is 0. The number of nitrogens with zero attached hydrogens (tertiary/aromatic N) is 3. The van der Waals surface area contributed by atoms with Gasteiger partial charge in [0.2, 0.25) is 0 Å². The van der Waals surface area contributed by atoms with E-state index in [9.17, 15) is 14.4 Å². The molecule has 0 saturated carbocycles. The van der Waals surface area contributed by atoms with Crippen molar-refractivity contribution in [2.75, 3.05) is 52.5 Å². The van der Waals surface area contributed by atoms with Gasteiger partial charge in [-0.05, 0) is 19.3 Å². The Hall–Kier alpha value is -3.25. The number of carbonyl (C=O) groups excluding carboxylic acids is 3. The highest BCUT2D eigenvalue weighted by molar-refractivity contribution is 5.70. The van der Waals surface area contributed by atoms with Crippen molar-refractivity contribution in [1.82, 2.24) is 30.2 Å². The highest BCUT2D eigenvalue weighted by Crippen LogP contribution is 2.15. The Balaban J connectivity index is 0.000000836. The summed E-state index contributed by atoms with van der Waals surface area (Å²) in [5, 5.41) is 3.26. The highest BCUT2D eigenvalue weighted by Gasteiger charge is 2.13. The first-order valence-electron chi connectivity index (χ1n) is 30.8. The summed E-state index contributed by atoms with van der Waals surface area (Å²) >= 11 is 0. The molecule has 3 N–H and O–H groups in total. The Labute approximate surface area is 448 Å². The predicted molar refractivity (Wildman–Crippen MR) is 304 cm³/mol. The van der Waals surface area contributed by atoms with E-state index in [2.05, 4.69) is 50.9 Å². The SMILES string of the molecule is CCCCCCCCCCCCCCOC(=O)CCN(CCC(=O)OCCCCCCCCCCCCCC)CCc1cnc[nH]1.CCCCCCCCCCCCCCOC(=O)CCNCCc1cnc[nH]1. The van der Waals surface area contributed by atoms with Gasteiger partial charge in [-0.2, -0.15) is 0 Å². The zero-order valence-electron chi connectivity index (χ0n) is 47.7. The van der Waals surface area contributed by atoms with Crippen LogP contribution in [0.25, 0.3) is 0 Å². The predicted octanol–water partition coefficient (Wildman–Crippen LogP) is 15.7. The van der Waals surface area contributed by atoms with Crippen LogP contribution in [0.2, 0.25) is 0 Å². The number of aromatic amines is 2. The Morgan fingerprint density at radius 3 is 1.01 bits per heavy atom. The van der Waals surface area contributed by atoms with Gasteiger partial charge in [0.1, 0.15) is 0 Å². The highest BCUT2D eigenvalue weighted by atomic mass is 16.5. The van der Waals surface area contributed by atoms with Crippen LogP contribution in [-0.2, 0) is 41.4 Å². The van der Waals surface area contributed by atoms with Crippen LogP contribution in [0.5, 0.6) is 0 Å². The molecule has 0 unspecified atom stereocenters. The molecule has 0 atom stereocenters. The van der Waals surface area contributed by atoms with Crippen LogP contribution in [-0.4, -0.2) is 95.3 Å². The van der Waals surface area contributed by atoms with Gasteiger partial charge in [0.15, 0.2) is 0 Å². The number of aromatic nitrogens is 4. The fourth-order valence-electron chi connectivity index (χ4n) is 9.10. The number of unbranched alkanes of at least 4 members (excludes halogenated alkanes) is 33. The van der Waals surface area contributed by atoms with Crippen molar-refractivity contribution in [1.29, 1.82) is 0 Å². The second-order valence-corrected chi connectivity index (χ2v) is 20.8. The van der Waals surface area contributed by atoms with Gasteiger partial charge in [-0.3, -0.25) is 14.4 Å². The number of ether oxygens (including phenoxy) is 3. The third-order valence-electron chi connectivity index (χ3n) is 13.9. The van der Waals surface area contributed by atoms with Crippen molar-refractivity contribution in [2.45, 2.75) is 284 Å². The molecule has 2 rings (SSSR count). The summed E-state index contributed by atoms with van der Waals surface area (Å²) in [6.07, 6.45) is 56.7. The van der Waals surface area contributed by atoms with Crippen molar-refractivity contribution in [3.8, 4) is 0 Å². The van der Waals surface area contributed by atoms with Crippen LogP contribution >= 0.6 is 0 Å². The van der Waals surface area contributed by atoms with Gasteiger partial charge in [0.05, 0.1) is 51.7 Å². The summed E-state index contributed by atoms with van der Waals surface area (Å²) < 4.78 is 16.3. The Morgan fingerprint density at radius 2 is 0.699 bits per heavy atom. The van der Waals surface area contributed by atoms with E-state index in [1.807, 2.05) is 12.4 Å². The molecule has 12 heteroatoms. The molecule has 0 spiro atoms. The molecule has 0 radical (unpaired) electrons. The fourth-order valence-corrected chi connectivity index (χ4v) is 9.10. The summed E-state index contributed by atoms with van der Waals surface area (Å²) in [5.74, 6) is -0.388. The second-order valence-electron chi connectivity index (χ2n) is 20.8. The maximum Gasteiger partial charge on any atom is 0.307 e. The van der Waals surface area contributed by atoms with E-state index < -0.39 is 0 Å². The van der Waals surface area contributed by atoms with Gasteiger partial charge >= 0.3 is 17.9 Å². The molecular weight excluding hydrogens is 913 g/mol. The Bertz CT molecular complexity index is 1380. The monoisotopic (exact) mass is 1030 g/mol. The number of nitrogens with one attached hydrogen (secondary N) is 3. The van der Waals surface area contributed by atoms with Crippen LogP contribution in [0.4, 0.5) is 0 Å². The molecular formula is C61H114N6O6. The van der Waals surface area contributed by atoms with Crippen LogP contribution in [0.15, 0.2) is 25.0 Å². The molecule has 424 valence electrons. The molecule has 73 heavy (non-hydrogen) atoms. The minimum Gasteiger partial charge on any atom is -0.466 e. The molecule has 2 aromatic rings. The van der Waals surface area contributed by atoms with Crippen molar-refractivity contribution in [3.63, 3.8) is 0 Å². The topological polar surface area (TPSA) is 152 Å². The van der Waals surface area contributed by atoms with E-state index in [4.69, 9.17) is 14.2 Å². The van der Waals surface area contributed by atoms with Crippen LogP contribution in [0, 0.1) is 0 Å². The number of hydrogen-bond donors (Lipinski definition) is 3. The van der Waals surface area contributed by atoms with Crippen molar-refractivity contribution in [3.05, 3.63) is 36.4 Å². The lowest BCUT2D eigenvalue weighted by molar-refractivity contribution is -0.145. The number of rotatable bonds is 54. The number of carbonyl (C=O) groups is 3. The van der Waals surface area contributed by atoms with Gasteiger partial charge in [0, 0.05) is 69.3 Å². The number of H-pyrrole nitrogens is 2. The van der Waals surface area contributed by atoms with E-state index in [-0.39, 0.29) is 17.9 Å². The maximum absolute atomic E-state index is 12.4. The lowest BCUT2D eigenvalue weighted by Gasteiger charge is -2.21. The van der Waals surface area contributed by atoms with Gasteiger partial charge in [-0.1, -0.05) is 233 Å². The van der Waals surface area contributed by atoms with Gasteiger partial charge < -0.3 is 34.4 Å². The van der Waals surface area contributed by atoms with Crippen molar-refractivity contribution < 1.29 is 28.6 Å². The third-order valence-corrected chi connectivity index (χ3v) is 13.9. The van der Waals surface area contributed by atoms with Crippen LogP contribution in [0.1, 0.15) is 283 Å². The maximum atomic E-state index is 12.4. The van der Waals surface area contributed by atoms with E-state index >= 15 is 0 Å². The summed E-state index contributed by atoms with van der Waals surface area (Å²) in [6, 6.07) is 0. The molecule has 0 fully saturated rings. The second kappa shape index (κ2) is 55.0. The number of imidazole rings is 2. The zero-order chi connectivity index (χ0) is 52.6. The number of hydrogen-bond acceptors (Lipinski definition) is 10. The molecule has 0 bridgehead atoms. The average Bonchev–Trinajstić information content (AvgIpc) is 4.14. The minimum absolute atomic E-state index is 0.0906. The molecule has 0 aliphatic heterocycles. The Kier molecular flexibility index (Phi) is 51.1. The Morgan fingerprint density at radius 1 is 0.397 bits per heavy atom. The van der Waals surface area contributed by atoms with Gasteiger partial charge in [-0.15, -0.1) is 0 Å². The molecule has 2 aromatic heterocycles. The van der Waals surface area contributed by atoms with Crippen molar-refractivity contribution in [2.24, 2.45) is 0 Å². The molecule has 0 aromatic carbocycles. The summed E-state index contributed by atoms with van der Waals surface area (Å²) in [4.78, 5) is 52.9. The fraction of sp³-hybridized carbons (Fsp3) is 0.852. The minimum atomic E-state index is -0.149. The largest absolute Gasteiger partial charge is 0.466 e. The zero-order valence-corrected chi connectivity index (χ0v) is 47.7. The van der Waals surface area contributed by atoms with Gasteiger partial charge in [0.25, 0.3) is 0 Å². The lowest BCUT2D eigenvalue weighted by atomic mass is 10.1. The third kappa shape index (κ3) is 49.4. The van der Waals surface area contributed by atoms with E-state index in [1.165, 1.54) is 199 Å².